The molecule has 0 spiro atoms. The van der Waals surface area contributed by atoms with Crippen molar-refractivity contribution < 1.29 is 9.59 Å². The molecular formula is C16H17BrN4O3. The first-order chi connectivity index (χ1) is 11.5. The summed E-state index contributed by atoms with van der Waals surface area (Å²) in [5.74, 6) is -0.512. The summed E-state index contributed by atoms with van der Waals surface area (Å²) in [4.78, 5) is 40.8. The number of fused-ring (bicyclic) bond motifs is 1. The molecule has 24 heavy (non-hydrogen) atoms. The van der Waals surface area contributed by atoms with Crippen LogP contribution in [0.2, 0.25) is 0 Å². The highest BCUT2D eigenvalue weighted by molar-refractivity contribution is 9.10. The van der Waals surface area contributed by atoms with Crippen LogP contribution >= 0.6 is 15.9 Å². The average Bonchev–Trinajstić information content (AvgIpc) is 2.54. The minimum atomic E-state index is -0.565. The molecule has 1 aromatic heterocycles. The highest BCUT2D eigenvalue weighted by atomic mass is 79.9. The van der Waals surface area contributed by atoms with Crippen molar-refractivity contribution in [3.63, 3.8) is 0 Å². The zero-order chi connectivity index (χ0) is 17.3. The number of halogens is 1. The third-order valence-electron chi connectivity index (χ3n) is 4.17. The molecule has 1 aliphatic heterocycles. The Balaban J connectivity index is 1.79. The minimum absolute atomic E-state index is 0.0603. The SMILES string of the molecule is C[C@@H]1CCNC(=O)[C@@H]1NC(=O)Cn1cnc2ccc(Br)cc2c1=O. The van der Waals surface area contributed by atoms with E-state index in [4.69, 9.17) is 0 Å². The van der Waals surface area contributed by atoms with Gasteiger partial charge in [0.05, 0.1) is 17.2 Å². The number of benzene rings is 1. The van der Waals surface area contributed by atoms with Crippen molar-refractivity contribution in [3.05, 3.63) is 39.4 Å². The van der Waals surface area contributed by atoms with E-state index in [1.54, 1.807) is 18.2 Å². The molecule has 7 nitrogen and oxygen atoms in total. The van der Waals surface area contributed by atoms with Gasteiger partial charge in [-0.2, -0.15) is 0 Å². The molecule has 2 heterocycles. The predicted octanol–water partition coefficient (Wildman–Crippen LogP) is 0.800. The van der Waals surface area contributed by atoms with Crippen LogP contribution in [-0.4, -0.2) is 34.0 Å². The maximum Gasteiger partial charge on any atom is 0.261 e. The zero-order valence-corrected chi connectivity index (χ0v) is 14.7. The van der Waals surface area contributed by atoms with Gasteiger partial charge in [-0.15, -0.1) is 0 Å². The van der Waals surface area contributed by atoms with Crippen LogP contribution in [0.5, 0.6) is 0 Å². The third-order valence-corrected chi connectivity index (χ3v) is 4.66. The highest BCUT2D eigenvalue weighted by Crippen LogP contribution is 2.15. The lowest BCUT2D eigenvalue weighted by atomic mass is 9.94. The molecule has 0 radical (unpaired) electrons. The van der Waals surface area contributed by atoms with E-state index >= 15 is 0 Å². The molecule has 2 atom stereocenters. The van der Waals surface area contributed by atoms with Crippen LogP contribution in [0.15, 0.2) is 33.8 Å². The van der Waals surface area contributed by atoms with Crippen LogP contribution in [0, 0.1) is 5.92 Å². The molecule has 1 fully saturated rings. The molecular weight excluding hydrogens is 376 g/mol. The van der Waals surface area contributed by atoms with Crippen LogP contribution < -0.4 is 16.2 Å². The summed E-state index contributed by atoms with van der Waals surface area (Å²) in [5, 5.41) is 5.87. The van der Waals surface area contributed by atoms with E-state index in [1.165, 1.54) is 10.9 Å². The Labute approximate surface area is 146 Å². The molecule has 1 aliphatic rings. The van der Waals surface area contributed by atoms with E-state index in [2.05, 4.69) is 31.5 Å². The van der Waals surface area contributed by atoms with Crippen molar-refractivity contribution in [3.8, 4) is 0 Å². The number of carbonyl (C=O) groups is 2. The Kier molecular flexibility index (Phi) is 4.66. The Bertz CT molecular complexity index is 864. The van der Waals surface area contributed by atoms with Gasteiger partial charge in [0.2, 0.25) is 11.8 Å². The Morgan fingerprint density at radius 2 is 2.25 bits per heavy atom. The molecule has 0 saturated carbocycles. The third kappa shape index (κ3) is 3.33. The lowest BCUT2D eigenvalue weighted by Crippen LogP contribution is -2.55. The molecule has 0 aliphatic carbocycles. The number of hydrogen-bond acceptors (Lipinski definition) is 4. The van der Waals surface area contributed by atoms with Gasteiger partial charge in [-0.3, -0.25) is 19.0 Å². The van der Waals surface area contributed by atoms with Crippen molar-refractivity contribution in [2.75, 3.05) is 6.54 Å². The van der Waals surface area contributed by atoms with Gasteiger partial charge in [-0.25, -0.2) is 4.98 Å². The van der Waals surface area contributed by atoms with E-state index in [0.29, 0.717) is 17.4 Å². The van der Waals surface area contributed by atoms with Crippen molar-refractivity contribution in [1.29, 1.82) is 0 Å². The summed E-state index contributed by atoms with van der Waals surface area (Å²) in [6.45, 7) is 2.37. The number of rotatable bonds is 3. The summed E-state index contributed by atoms with van der Waals surface area (Å²) in [6, 6.07) is 4.65. The standard InChI is InChI=1S/C16H17BrN4O3/c1-9-4-5-18-15(23)14(9)20-13(22)7-21-8-19-12-3-2-10(17)6-11(12)16(21)24/h2-3,6,8-9,14H,4-5,7H2,1H3,(H,18,23)(H,20,22)/t9-,14-/m1/s1. The average molecular weight is 393 g/mol. The second kappa shape index (κ2) is 6.72. The zero-order valence-electron chi connectivity index (χ0n) is 13.1. The van der Waals surface area contributed by atoms with Gasteiger partial charge in [-0.1, -0.05) is 22.9 Å². The van der Waals surface area contributed by atoms with E-state index in [1.807, 2.05) is 6.92 Å². The van der Waals surface area contributed by atoms with Gasteiger partial charge in [-0.05, 0) is 30.5 Å². The summed E-state index contributed by atoms with van der Waals surface area (Å²) >= 11 is 3.32. The van der Waals surface area contributed by atoms with Crippen LogP contribution in [0.25, 0.3) is 10.9 Å². The van der Waals surface area contributed by atoms with E-state index in [0.717, 1.165) is 10.9 Å². The van der Waals surface area contributed by atoms with Gasteiger partial charge in [0.15, 0.2) is 0 Å². The first kappa shape index (κ1) is 16.6. The van der Waals surface area contributed by atoms with Gasteiger partial charge < -0.3 is 10.6 Å². The van der Waals surface area contributed by atoms with Crippen LogP contribution in [0.3, 0.4) is 0 Å². The fourth-order valence-corrected chi connectivity index (χ4v) is 3.14. The van der Waals surface area contributed by atoms with Crippen LogP contribution in [0.1, 0.15) is 13.3 Å². The van der Waals surface area contributed by atoms with Gasteiger partial charge in [0, 0.05) is 11.0 Å². The van der Waals surface area contributed by atoms with Crippen molar-refractivity contribution >= 4 is 38.6 Å². The first-order valence-corrected chi connectivity index (χ1v) is 8.47. The predicted molar refractivity (Wildman–Crippen MR) is 92.4 cm³/mol. The molecule has 8 heteroatoms. The maximum absolute atomic E-state index is 12.5. The summed E-state index contributed by atoms with van der Waals surface area (Å²) in [5.41, 5.74) is 0.276. The monoisotopic (exact) mass is 392 g/mol. The number of amides is 2. The fraction of sp³-hybridized carbons (Fsp3) is 0.375. The first-order valence-electron chi connectivity index (χ1n) is 7.67. The quantitative estimate of drug-likeness (QED) is 0.807. The molecule has 2 amide bonds. The van der Waals surface area contributed by atoms with Crippen molar-refractivity contribution in [2.45, 2.75) is 25.9 Å². The maximum atomic E-state index is 12.5. The van der Waals surface area contributed by atoms with Gasteiger partial charge in [0.25, 0.3) is 5.56 Å². The molecule has 0 bridgehead atoms. The lowest BCUT2D eigenvalue weighted by Gasteiger charge is -2.29. The number of carbonyl (C=O) groups excluding carboxylic acids is 2. The minimum Gasteiger partial charge on any atom is -0.354 e. The molecule has 1 saturated heterocycles. The van der Waals surface area contributed by atoms with Crippen LogP contribution in [-0.2, 0) is 16.1 Å². The largest absolute Gasteiger partial charge is 0.354 e. The number of piperidine rings is 1. The van der Waals surface area contributed by atoms with Crippen molar-refractivity contribution in [2.24, 2.45) is 5.92 Å². The highest BCUT2D eigenvalue weighted by Gasteiger charge is 2.30. The summed E-state index contributed by atoms with van der Waals surface area (Å²) in [7, 11) is 0. The van der Waals surface area contributed by atoms with E-state index in [-0.39, 0.29) is 29.8 Å². The number of hydrogen-bond donors (Lipinski definition) is 2. The smallest absolute Gasteiger partial charge is 0.261 e. The second-order valence-electron chi connectivity index (χ2n) is 5.94. The van der Waals surface area contributed by atoms with Gasteiger partial charge in [0.1, 0.15) is 12.6 Å². The Morgan fingerprint density at radius 3 is 3.00 bits per heavy atom. The lowest BCUT2D eigenvalue weighted by molar-refractivity contribution is -0.131. The molecule has 0 unspecified atom stereocenters. The summed E-state index contributed by atoms with van der Waals surface area (Å²) in [6.07, 6.45) is 2.16. The number of nitrogens with one attached hydrogen (secondary N) is 2. The van der Waals surface area contributed by atoms with Gasteiger partial charge >= 0.3 is 0 Å². The molecule has 3 rings (SSSR count). The molecule has 1 aromatic carbocycles. The van der Waals surface area contributed by atoms with Crippen LogP contribution in [0.4, 0.5) is 0 Å². The molecule has 2 aromatic rings. The van der Waals surface area contributed by atoms with E-state index in [9.17, 15) is 14.4 Å². The van der Waals surface area contributed by atoms with Crippen molar-refractivity contribution in [1.82, 2.24) is 20.2 Å². The van der Waals surface area contributed by atoms with E-state index < -0.39 is 6.04 Å². The molecule has 126 valence electrons. The fourth-order valence-electron chi connectivity index (χ4n) is 2.78. The Hall–Kier alpha value is -2.22. The topological polar surface area (TPSA) is 93.1 Å². The second-order valence-corrected chi connectivity index (χ2v) is 6.86. The summed E-state index contributed by atoms with van der Waals surface area (Å²) < 4.78 is 2.01. The number of nitrogens with zero attached hydrogens (tertiary/aromatic N) is 2. The molecule has 2 N–H and O–H groups in total. The normalized spacial score (nSPS) is 20.7. The number of aromatic nitrogens is 2. The Morgan fingerprint density at radius 1 is 1.46 bits per heavy atom.